The Hall–Kier alpha value is -3.35. The highest BCUT2D eigenvalue weighted by Gasteiger charge is 2.12. The number of pyridine rings is 2. The van der Waals surface area contributed by atoms with Crippen molar-refractivity contribution < 1.29 is 0 Å². The van der Waals surface area contributed by atoms with Crippen molar-refractivity contribution in [3.8, 4) is 11.4 Å². The topological polar surface area (TPSA) is 81.4 Å². The molecule has 4 aromatic rings. The van der Waals surface area contributed by atoms with Crippen LogP contribution in [0.25, 0.3) is 22.4 Å². The predicted molar refractivity (Wildman–Crippen MR) is 91.1 cm³/mol. The highest BCUT2D eigenvalue weighted by atomic mass is 15.3. The van der Waals surface area contributed by atoms with E-state index in [9.17, 15) is 0 Å². The smallest absolute Gasteiger partial charge is 0.164 e. The van der Waals surface area contributed by atoms with Gasteiger partial charge in [0.1, 0.15) is 5.82 Å². The fourth-order valence-corrected chi connectivity index (χ4v) is 2.47. The average molecular weight is 317 g/mol. The molecule has 4 aromatic heterocycles. The summed E-state index contributed by atoms with van der Waals surface area (Å²) in [4.78, 5) is 17.4. The van der Waals surface area contributed by atoms with Crippen LogP contribution in [0, 0.1) is 0 Å². The lowest BCUT2D eigenvalue weighted by atomic mass is 10.2. The second-order valence-corrected chi connectivity index (χ2v) is 5.35. The van der Waals surface area contributed by atoms with E-state index in [4.69, 9.17) is 0 Å². The molecule has 0 radical (unpaired) electrons. The first-order chi connectivity index (χ1) is 11.8. The summed E-state index contributed by atoms with van der Waals surface area (Å²) < 4.78 is 1.75. The van der Waals surface area contributed by atoms with Crippen molar-refractivity contribution in [1.82, 2.24) is 29.7 Å². The minimum absolute atomic E-state index is 0.644. The average Bonchev–Trinajstić information content (AvgIpc) is 3.02. The van der Waals surface area contributed by atoms with Gasteiger partial charge in [-0.05, 0) is 29.8 Å². The number of hydrogen-bond donors (Lipinski definition) is 1. The van der Waals surface area contributed by atoms with Gasteiger partial charge in [-0.2, -0.15) is 5.10 Å². The van der Waals surface area contributed by atoms with Gasteiger partial charge in [0, 0.05) is 43.9 Å². The Morgan fingerprint density at radius 3 is 2.42 bits per heavy atom. The molecule has 0 aromatic carbocycles. The molecule has 0 unspecified atom stereocenters. The van der Waals surface area contributed by atoms with E-state index in [1.54, 1.807) is 35.7 Å². The van der Waals surface area contributed by atoms with Gasteiger partial charge in [-0.3, -0.25) is 14.6 Å². The van der Waals surface area contributed by atoms with Crippen LogP contribution in [-0.2, 0) is 13.6 Å². The number of fused-ring (bicyclic) bond motifs is 1. The Kier molecular flexibility index (Phi) is 3.59. The van der Waals surface area contributed by atoms with Crippen LogP contribution in [0.3, 0.4) is 0 Å². The molecule has 0 amide bonds. The number of aryl methyl sites for hydroxylation is 1. The summed E-state index contributed by atoms with van der Waals surface area (Å²) in [5.74, 6) is 1.41. The zero-order valence-corrected chi connectivity index (χ0v) is 13.1. The zero-order valence-electron chi connectivity index (χ0n) is 13.1. The van der Waals surface area contributed by atoms with E-state index in [1.165, 1.54) is 0 Å². The van der Waals surface area contributed by atoms with Crippen molar-refractivity contribution in [2.24, 2.45) is 7.05 Å². The summed E-state index contributed by atoms with van der Waals surface area (Å²) in [6.07, 6.45) is 8.80. The van der Waals surface area contributed by atoms with Crippen LogP contribution in [-0.4, -0.2) is 29.7 Å². The molecule has 0 saturated carbocycles. The van der Waals surface area contributed by atoms with E-state index in [2.05, 4.69) is 30.4 Å². The van der Waals surface area contributed by atoms with Crippen LogP contribution >= 0.6 is 0 Å². The van der Waals surface area contributed by atoms with Gasteiger partial charge in [-0.25, -0.2) is 9.97 Å². The molecule has 4 rings (SSSR count). The fraction of sp³-hybridized carbons (Fsp3) is 0.118. The molecule has 0 aliphatic carbocycles. The van der Waals surface area contributed by atoms with Crippen LogP contribution in [0.4, 0.5) is 5.82 Å². The summed E-state index contributed by atoms with van der Waals surface area (Å²) in [5, 5.41) is 8.57. The number of nitrogens with one attached hydrogen (secondary N) is 1. The molecule has 0 spiro atoms. The number of rotatable bonds is 4. The van der Waals surface area contributed by atoms with Gasteiger partial charge in [0.25, 0.3) is 0 Å². The van der Waals surface area contributed by atoms with Crippen LogP contribution in [0.1, 0.15) is 5.56 Å². The van der Waals surface area contributed by atoms with Gasteiger partial charge in [0.05, 0.1) is 11.6 Å². The van der Waals surface area contributed by atoms with E-state index >= 15 is 0 Å². The van der Waals surface area contributed by atoms with E-state index in [-0.39, 0.29) is 0 Å². The van der Waals surface area contributed by atoms with Gasteiger partial charge >= 0.3 is 0 Å². The summed E-state index contributed by atoms with van der Waals surface area (Å²) in [5.41, 5.74) is 2.83. The Balaban J connectivity index is 1.76. The van der Waals surface area contributed by atoms with Gasteiger partial charge in [-0.1, -0.05) is 0 Å². The third-order valence-corrected chi connectivity index (χ3v) is 3.74. The molecule has 118 valence electrons. The van der Waals surface area contributed by atoms with Gasteiger partial charge in [0.15, 0.2) is 11.5 Å². The van der Waals surface area contributed by atoms with E-state index in [0.29, 0.717) is 12.4 Å². The molecule has 4 heterocycles. The van der Waals surface area contributed by atoms with E-state index in [1.807, 2.05) is 31.3 Å². The van der Waals surface area contributed by atoms with E-state index < -0.39 is 0 Å². The first kappa shape index (κ1) is 14.3. The predicted octanol–water partition coefficient (Wildman–Crippen LogP) is 2.43. The van der Waals surface area contributed by atoms with Gasteiger partial charge in [-0.15, -0.1) is 0 Å². The summed E-state index contributed by atoms with van der Waals surface area (Å²) in [6, 6.07) is 7.73. The monoisotopic (exact) mass is 317 g/mol. The largest absolute Gasteiger partial charge is 0.365 e. The zero-order chi connectivity index (χ0) is 16.4. The molecule has 0 saturated heterocycles. The SMILES string of the molecule is Cn1ncc2c(NCc3ccncc3)nc(-c3ccncc3)nc21. The molecule has 0 aliphatic rings. The standard InChI is InChI=1S/C17H15N7/c1-24-17-14(11-21-24)16(20-10-12-2-6-18-7-3-12)22-15(23-17)13-4-8-19-9-5-13/h2-9,11H,10H2,1H3,(H,20,22,23). The van der Waals surface area contributed by atoms with Crippen molar-refractivity contribution in [3.63, 3.8) is 0 Å². The molecule has 0 bridgehead atoms. The van der Waals surface area contributed by atoms with Crippen molar-refractivity contribution in [1.29, 1.82) is 0 Å². The Morgan fingerprint density at radius 2 is 1.67 bits per heavy atom. The second kappa shape index (κ2) is 6.04. The molecule has 7 nitrogen and oxygen atoms in total. The lowest BCUT2D eigenvalue weighted by Crippen LogP contribution is -2.04. The maximum absolute atomic E-state index is 4.68. The van der Waals surface area contributed by atoms with Gasteiger partial charge in [0.2, 0.25) is 0 Å². The van der Waals surface area contributed by atoms with Crippen molar-refractivity contribution in [3.05, 3.63) is 60.8 Å². The second-order valence-electron chi connectivity index (χ2n) is 5.35. The molecular weight excluding hydrogens is 302 g/mol. The normalized spacial score (nSPS) is 10.9. The molecule has 0 fully saturated rings. The Bertz CT molecular complexity index is 964. The first-order valence-electron chi connectivity index (χ1n) is 7.54. The minimum Gasteiger partial charge on any atom is -0.365 e. The van der Waals surface area contributed by atoms with Crippen molar-refractivity contribution in [2.75, 3.05) is 5.32 Å². The highest BCUT2D eigenvalue weighted by Crippen LogP contribution is 2.24. The van der Waals surface area contributed by atoms with Gasteiger partial charge < -0.3 is 5.32 Å². The molecule has 7 heteroatoms. The minimum atomic E-state index is 0.644. The van der Waals surface area contributed by atoms with Crippen molar-refractivity contribution >= 4 is 16.9 Å². The summed E-state index contributed by atoms with van der Waals surface area (Å²) in [6.45, 7) is 0.652. The van der Waals surface area contributed by atoms with Crippen LogP contribution in [0.2, 0.25) is 0 Å². The molecule has 24 heavy (non-hydrogen) atoms. The number of aromatic nitrogens is 6. The third-order valence-electron chi connectivity index (χ3n) is 3.74. The molecule has 1 N–H and O–H groups in total. The Morgan fingerprint density at radius 1 is 0.958 bits per heavy atom. The maximum Gasteiger partial charge on any atom is 0.164 e. The first-order valence-corrected chi connectivity index (χ1v) is 7.54. The van der Waals surface area contributed by atoms with Crippen LogP contribution < -0.4 is 5.32 Å². The fourth-order valence-electron chi connectivity index (χ4n) is 2.47. The summed E-state index contributed by atoms with van der Waals surface area (Å²) in [7, 11) is 1.87. The van der Waals surface area contributed by atoms with E-state index in [0.717, 1.165) is 28.0 Å². The number of anilines is 1. The number of nitrogens with zero attached hydrogens (tertiary/aromatic N) is 6. The molecule has 0 aliphatic heterocycles. The lowest BCUT2D eigenvalue weighted by molar-refractivity contribution is 0.786. The van der Waals surface area contributed by atoms with Crippen LogP contribution in [0.5, 0.6) is 0 Å². The van der Waals surface area contributed by atoms with Crippen LogP contribution in [0.15, 0.2) is 55.2 Å². The third kappa shape index (κ3) is 2.67. The summed E-state index contributed by atoms with van der Waals surface area (Å²) >= 11 is 0. The molecule has 0 atom stereocenters. The van der Waals surface area contributed by atoms with Crippen molar-refractivity contribution in [2.45, 2.75) is 6.54 Å². The maximum atomic E-state index is 4.68. The Labute approximate surface area is 138 Å². The highest BCUT2D eigenvalue weighted by molar-refractivity contribution is 5.88. The quantitative estimate of drug-likeness (QED) is 0.622. The number of hydrogen-bond acceptors (Lipinski definition) is 6. The lowest BCUT2D eigenvalue weighted by Gasteiger charge is -2.09. The molecular formula is C17H15N7.